The molecule has 0 radical (unpaired) electrons. The van der Waals surface area contributed by atoms with Crippen molar-refractivity contribution in [1.29, 1.82) is 0 Å². The number of carbonyl (C=O) groups is 1. The summed E-state index contributed by atoms with van der Waals surface area (Å²) in [6.07, 6.45) is 1.12. The van der Waals surface area contributed by atoms with Gasteiger partial charge in [0.2, 0.25) is 0 Å². The molecule has 1 heterocycles. The molecule has 0 aliphatic carbocycles. The number of benzene rings is 1. The molecular formula is C12H13BrFNO3S2. The molecule has 1 saturated heterocycles. The molecular weight excluding hydrogens is 369 g/mol. The maximum Gasteiger partial charge on any atom is 0.256 e. The zero-order valence-electron chi connectivity index (χ0n) is 10.7. The SMILES string of the molecule is CS(=O)(=O)C1CSCCN1C(=O)c1cccc(F)c1Br. The van der Waals surface area contributed by atoms with Crippen molar-refractivity contribution in [2.75, 3.05) is 24.3 Å². The molecule has 1 aliphatic heterocycles. The van der Waals surface area contributed by atoms with E-state index in [4.69, 9.17) is 0 Å². The van der Waals surface area contributed by atoms with E-state index < -0.39 is 26.9 Å². The smallest absolute Gasteiger partial charge is 0.256 e. The van der Waals surface area contributed by atoms with Crippen LogP contribution in [0.1, 0.15) is 10.4 Å². The van der Waals surface area contributed by atoms with Gasteiger partial charge in [-0.1, -0.05) is 6.07 Å². The van der Waals surface area contributed by atoms with Crippen LogP contribution in [0.2, 0.25) is 0 Å². The Morgan fingerprint density at radius 3 is 2.85 bits per heavy atom. The molecule has 1 atom stereocenters. The van der Waals surface area contributed by atoms with Gasteiger partial charge in [0.25, 0.3) is 5.91 Å². The molecule has 1 amide bonds. The van der Waals surface area contributed by atoms with Crippen molar-refractivity contribution < 1.29 is 17.6 Å². The maximum atomic E-state index is 13.5. The second-order valence-electron chi connectivity index (χ2n) is 4.46. The predicted octanol–water partition coefficient (Wildman–Crippen LogP) is 2.15. The molecule has 1 aromatic carbocycles. The van der Waals surface area contributed by atoms with Crippen LogP contribution < -0.4 is 0 Å². The molecule has 0 N–H and O–H groups in total. The van der Waals surface area contributed by atoms with Gasteiger partial charge in [-0.05, 0) is 28.1 Å². The molecule has 0 spiro atoms. The van der Waals surface area contributed by atoms with Gasteiger partial charge in [-0.15, -0.1) is 0 Å². The fourth-order valence-corrected chi connectivity index (χ4v) is 5.24. The quantitative estimate of drug-likeness (QED) is 0.787. The largest absolute Gasteiger partial charge is 0.320 e. The van der Waals surface area contributed by atoms with Crippen LogP contribution in [0.4, 0.5) is 4.39 Å². The second kappa shape index (κ2) is 6.03. The Hall–Kier alpha value is -0.600. The lowest BCUT2D eigenvalue weighted by Gasteiger charge is -2.34. The lowest BCUT2D eigenvalue weighted by atomic mass is 10.2. The summed E-state index contributed by atoms with van der Waals surface area (Å²) in [6.45, 7) is 0.337. The molecule has 2 rings (SSSR count). The van der Waals surface area contributed by atoms with Crippen molar-refractivity contribution in [3.05, 3.63) is 34.1 Å². The van der Waals surface area contributed by atoms with Crippen LogP contribution in [-0.4, -0.2) is 48.9 Å². The average Bonchev–Trinajstić information content (AvgIpc) is 2.40. The third-order valence-corrected chi connectivity index (χ3v) is 6.47. The Morgan fingerprint density at radius 2 is 2.20 bits per heavy atom. The molecule has 1 aromatic rings. The third-order valence-electron chi connectivity index (χ3n) is 3.02. The number of amides is 1. The number of rotatable bonds is 2. The van der Waals surface area contributed by atoms with E-state index in [1.165, 1.54) is 34.9 Å². The lowest BCUT2D eigenvalue weighted by molar-refractivity contribution is 0.0748. The summed E-state index contributed by atoms with van der Waals surface area (Å²) in [5, 5.41) is -0.857. The van der Waals surface area contributed by atoms with E-state index in [1.54, 1.807) is 0 Å². The molecule has 0 bridgehead atoms. The van der Waals surface area contributed by atoms with Crippen LogP contribution in [0.3, 0.4) is 0 Å². The van der Waals surface area contributed by atoms with Crippen molar-refractivity contribution >= 4 is 43.4 Å². The van der Waals surface area contributed by atoms with Gasteiger partial charge < -0.3 is 4.90 Å². The summed E-state index contributed by atoms with van der Waals surface area (Å²) in [4.78, 5) is 13.8. The zero-order chi connectivity index (χ0) is 14.9. The highest BCUT2D eigenvalue weighted by Crippen LogP contribution is 2.26. The third kappa shape index (κ3) is 3.17. The summed E-state index contributed by atoms with van der Waals surface area (Å²) in [5.74, 6) is 0.00704. The van der Waals surface area contributed by atoms with E-state index >= 15 is 0 Å². The van der Waals surface area contributed by atoms with E-state index in [0.29, 0.717) is 18.1 Å². The molecule has 1 unspecified atom stereocenters. The minimum Gasteiger partial charge on any atom is -0.320 e. The van der Waals surface area contributed by atoms with Crippen molar-refractivity contribution in [2.45, 2.75) is 5.37 Å². The number of carbonyl (C=O) groups excluding carboxylic acids is 1. The molecule has 110 valence electrons. The predicted molar refractivity (Wildman–Crippen MR) is 81.1 cm³/mol. The van der Waals surface area contributed by atoms with E-state index in [-0.39, 0.29) is 10.0 Å². The standard InChI is InChI=1S/C12H13BrFNO3S2/c1-20(17,18)10-7-19-6-5-15(10)12(16)8-3-2-4-9(14)11(8)13/h2-4,10H,5-7H2,1H3. The Bertz CT molecular complexity index is 636. The van der Waals surface area contributed by atoms with Crippen LogP contribution in [0.15, 0.2) is 22.7 Å². The molecule has 8 heteroatoms. The second-order valence-corrected chi connectivity index (χ2v) is 8.61. The normalized spacial score (nSPS) is 19.9. The molecule has 1 fully saturated rings. The molecule has 0 aromatic heterocycles. The van der Waals surface area contributed by atoms with Crippen molar-refractivity contribution in [3.8, 4) is 0 Å². The molecule has 1 aliphatic rings. The summed E-state index contributed by atoms with van der Waals surface area (Å²) < 4.78 is 37.1. The first-order valence-corrected chi connectivity index (χ1v) is 9.74. The van der Waals surface area contributed by atoms with Gasteiger partial charge >= 0.3 is 0 Å². The summed E-state index contributed by atoms with van der Waals surface area (Å²) >= 11 is 4.54. The van der Waals surface area contributed by atoms with Crippen LogP contribution in [0, 0.1) is 5.82 Å². The van der Waals surface area contributed by atoms with Crippen molar-refractivity contribution in [2.24, 2.45) is 0 Å². The summed E-state index contributed by atoms with van der Waals surface area (Å²) in [7, 11) is -3.38. The van der Waals surface area contributed by atoms with E-state index in [2.05, 4.69) is 15.9 Å². The monoisotopic (exact) mass is 381 g/mol. The van der Waals surface area contributed by atoms with Crippen LogP contribution in [0.25, 0.3) is 0 Å². The minimum atomic E-state index is -3.38. The van der Waals surface area contributed by atoms with Crippen molar-refractivity contribution in [3.63, 3.8) is 0 Å². The molecule has 0 saturated carbocycles. The van der Waals surface area contributed by atoms with Crippen molar-refractivity contribution in [1.82, 2.24) is 4.90 Å². The van der Waals surface area contributed by atoms with E-state index in [9.17, 15) is 17.6 Å². The van der Waals surface area contributed by atoms with Gasteiger partial charge in [-0.25, -0.2) is 12.8 Å². The Morgan fingerprint density at radius 1 is 1.50 bits per heavy atom. The lowest BCUT2D eigenvalue weighted by Crippen LogP contribution is -2.50. The first kappa shape index (κ1) is 15.8. The number of thioether (sulfide) groups is 1. The van der Waals surface area contributed by atoms with Gasteiger partial charge in [-0.2, -0.15) is 11.8 Å². The van der Waals surface area contributed by atoms with Crippen LogP contribution in [-0.2, 0) is 9.84 Å². The first-order valence-electron chi connectivity index (χ1n) is 5.84. The fraction of sp³-hybridized carbons (Fsp3) is 0.417. The highest BCUT2D eigenvalue weighted by atomic mass is 79.9. The maximum absolute atomic E-state index is 13.5. The van der Waals surface area contributed by atoms with Gasteiger partial charge in [0, 0.05) is 24.3 Å². The highest BCUT2D eigenvalue weighted by molar-refractivity contribution is 9.10. The van der Waals surface area contributed by atoms with Gasteiger partial charge in [0.1, 0.15) is 11.2 Å². The van der Waals surface area contributed by atoms with Crippen LogP contribution >= 0.6 is 27.7 Å². The van der Waals surface area contributed by atoms with E-state index in [1.807, 2.05) is 0 Å². The van der Waals surface area contributed by atoms with Gasteiger partial charge in [-0.3, -0.25) is 4.79 Å². The topological polar surface area (TPSA) is 54.5 Å². The van der Waals surface area contributed by atoms with Gasteiger partial charge in [0.05, 0.1) is 10.0 Å². The van der Waals surface area contributed by atoms with E-state index in [0.717, 1.165) is 6.26 Å². The molecule has 20 heavy (non-hydrogen) atoms. The zero-order valence-corrected chi connectivity index (χ0v) is 13.9. The number of hydrogen-bond donors (Lipinski definition) is 0. The Kier molecular flexibility index (Phi) is 4.76. The Balaban J connectivity index is 2.38. The fourth-order valence-electron chi connectivity index (χ4n) is 1.99. The number of nitrogens with zero attached hydrogens (tertiary/aromatic N) is 1. The summed E-state index contributed by atoms with van der Waals surface area (Å²) in [5.41, 5.74) is 0.144. The Labute approximate surface area is 129 Å². The number of sulfone groups is 1. The van der Waals surface area contributed by atoms with Crippen LogP contribution in [0.5, 0.6) is 0 Å². The number of halogens is 2. The van der Waals surface area contributed by atoms with Gasteiger partial charge in [0.15, 0.2) is 9.84 Å². The first-order chi connectivity index (χ1) is 9.32. The average molecular weight is 382 g/mol. The minimum absolute atomic E-state index is 0.0653. The summed E-state index contributed by atoms with van der Waals surface area (Å²) in [6, 6.07) is 4.15. The highest BCUT2D eigenvalue weighted by Gasteiger charge is 2.35. The molecule has 4 nitrogen and oxygen atoms in total. The number of hydrogen-bond acceptors (Lipinski definition) is 4.